The van der Waals surface area contributed by atoms with E-state index in [1.54, 1.807) is 24.3 Å². The zero-order valence-corrected chi connectivity index (χ0v) is 18.2. The molecule has 0 radical (unpaired) electrons. The number of carbonyl (C=O) groups excluding carboxylic acids is 1. The number of nitrogens with zero attached hydrogens (tertiary/aromatic N) is 2. The lowest BCUT2D eigenvalue weighted by Gasteiger charge is -2.36. The van der Waals surface area contributed by atoms with E-state index >= 15 is 0 Å². The van der Waals surface area contributed by atoms with Crippen molar-refractivity contribution in [2.24, 2.45) is 0 Å². The summed E-state index contributed by atoms with van der Waals surface area (Å²) in [5.41, 5.74) is 2.51. The van der Waals surface area contributed by atoms with Gasteiger partial charge >= 0.3 is 6.03 Å². The van der Waals surface area contributed by atoms with Gasteiger partial charge < -0.3 is 9.47 Å². The molecule has 0 unspecified atom stereocenters. The fourth-order valence-corrected chi connectivity index (χ4v) is 5.13. The van der Waals surface area contributed by atoms with Gasteiger partial charge in [-0.05, 0) is 36.8 Å². The van der Waals surface area contributed by atoms with Crippen LogP contribution in [0.15, 0.2) is 71.6 Å². The number of hydrogen-bond donors (Lipinski definition) is 0. The Balaban J connectivity index is 1.85. The van der Waals surface area contributed by atoms with Gasteiger partial charge in [0.2, 0.25) is 0 Å². The van der Waals surface area contributed by atoms with Gasteiger partial charge in [-0.2, -0.15) is 4.31 Å². The molecular weight excluding hydrogens is 416 g/mol. The number of carbonyl (C=O) groups is 1. The van der Waals surface area contributed by atoms with E-state index in [4.69, 9.17) is 9.47 Å². The van der Waals surface area contributed by atoms with Crippen LogP contribution in [0, 0.1) is 6.92 Å². The van der Waals surface area contributed by atoms with Crippen molar-refractivity contribution in [1.82, 2.24) is 0 Å². The number of aryl methyl sites for hydroxylation is 1. The molecule has 0 fully saturated rings. The Hall–Kier alpha value is -3.52. The largest absolute Gasteiger partial charge is 0.493 e. The maximum absolute atomic E-state index is 13.5. The number of urea groups is 1. The zero-order chi connectivity index (χ0) is 22.2. The lowest BCUT2D eigenvalue weighted by atomic mass is 10.1. The van der Waals surface area contributed by atoms with Crippen molar-refractivity contribution in [3.63, 3.8) is 0 Å². The normalized spacial score (nSPS) is 14.9. The van der Waals surface area contributed by atoms with E-state index in [1.807, 2.05) is 31.2 Å². The molecule has 1 aliphatic rings. The van der Waals surface area contributed by atoms with Crippen LogP contribution in [0.4, 0.5) is 16.2 Å². The molecule has 31 heavy (non-hydrogen) atoms. The van der Waals surface area contributed by atoms with Crippen molar-refractivity contribution in [3.05, 3.63) is 77.9 Å². The maximum Gasteiger partial charge on any atom is 0.343 e. The summed E-state index contributed by atoms with van der Waals surface area (Å²) in [4.78, 5) is 15.1. The Morgan fingerprint density at radius 2 is 1.55 bits per heavy atom. The van der Waals surface area contributed by atoms with Crippen LogP contribution in [0.1, 0.15) is 11.1 Å². The first kappa shape index (κ1) is 20.7. The molecule has 3 aromatic rings. The molecule has 3 aromatic carbocycles. The molecule has 0 aromatic heterocycles. The van der Waals surface area contributed by atoms with E-state index in [0.717, 1.165) is 15.4 Å². The number of anilines is 2. The topological polar surface area (TPSA) is 76.2 Å². The quantitative estimate of drug-likeness (QED) is 0.592. The second kappa shape index (κ2) is 7.96. The number of fused-ring (bicyclic) bond motifs is 1. The van der Waals surface area contributed by atoms with Crippen molar-refractivity contribution in [2.45, 2.75) is 18.4 Å². The van der Waals surface area contributed by atoms with Crippen LogP contribution in [0.25, 0.3) is 0 Å². The van der Waals surface area contributed by atoms with Crippen molar-refractivity contribution >= 4 is 27.4 Å². The zero-order valence-electron chi connectivity index (χ0n) is 17.4. The summed E-state index contributed by atoms with van der Waals surface area (Å²) >= 11 is 0. The summed E-state index contributed by atoms with van der Waals surface area (Å²) in [6.07, 6.45) is 0. The Kier molecular flexibility index (Phi) is 5.32. The highest BCUT2D eigenvalue weighted by Gasteiger charge is 2.42. The average molecular weight is 439 g/mol. The molecule has 0 atom stereocenters. The van der Waals surface area contributed by atoms with E-state index in [2.05, 4.69) is 0 Å². The Labute approximate surface area is 181 Å². The van der Waals surface area contributed by atoms with Gasteiger partial charge in [0.1, 0.15) is 4.90 Å². The third kappa shape index (κ3) is 3.59. The number of amides is 2. The lowest BCUT2D eigenvalue weighted by molar-refractivity contribution is 0.253. The first-order valence-electron chi connectivity index (χ1n) is 9.60. The standard InChI is InChI=1S/C23H22N2O5S/c1-16-8-10-17(11-9-16)15-24-19-6-4-5-7-22(19)31(27,28)25(23(24)26)18-12-13-20(29-2)21(14-18)30-3/h4-14H,15H2,1-3H3. The second-order valence-electron chi connectivity index (χ2n) is 7.13. The van der Waals surface area contributed by atoms with E-state index in [-0.39, 0.29) is 17.1 Å². The summed E-state index contributed by atoms with van der Waals surface area (Å²) in [6, 6.07) is 18.2. The number of rotatable bonds is 5. The highest BCUT2D eigenvalue weighted by Crippen LogP contribution is 2.40. The average Bonchev–Trinajstić information content (AvgIpc) is 2.77. The first-order chi connectivity index (χ1) is 14.9. The van der Waals surface area contributed by atoms with E-state index in [1.165, 1.54) is 37.3 Å². The van der Waals surface area contributed by atoms with Crippen LogP contribution in [0.5, 0.6) is 11.5 Å². The maximum atomic E-state index is 13.5. The minimum absolute atomic E-state index is 0.0662. The summed E-state index contributed by atoms with van der Waals surface area (Å²) in [5, 5.41) is 0. The van der Waals surface area contributed by atoms with Crippen LogP contribution in [0.2, 0.25) is 0 Å². The Morgan fingerprint density at radius 1 is 0.871 bits per heavy atom. The molecule has 1 aliphatic heterocycles. The van der Waals surface area contributed by atoms with Crippen LogP contribution < -0.4 is 18.7 Å². The lowest BCUT2D eigenvalue weighted by Crippen LogP contribution is -2.50. The number of methoxy groups -OCH3 is 2. The van der Waals surface area contributed by atoms with Crippen molar-refractivity contribution in [2.75, 3.05) is 23.4 Å². The van der Waals surface area contributed by atoms with Crippen LogP contribution in [-0.4, -0.2) is 28.7 Å². The van der Waals surface area contributed by atoms with Gasteiger partial charge in [0.25, 0.3) is 10.0 Å². The summed E-state index contributed by atoms with van der Waals surface area (Å²) in [5.74, 6) is 0.761. The Bertz CT molecular complexity index is 1240. The highest BCUT2D eigenvalue weighted by atomic mass is 32.2. The smallest absolute Gasteiger partial charge is 0.343 e. The third-order valence-electron chi connectivity index (χ3n) is 5.14. The van der Waals surface area contributed by atoms with E-state index < -0.39 is 16.1 Å². The fraction of sp³-hybridized carbons (Fsp3) is 0.174. The van der Waals surface area contributed by atoms with Gasteiger partial charge in [-0.3, -0.25) is 4.90 Å². The third-order valence-corrected chi connectivity index (χ3v) is 6.89. The van der Waals surface area contributed by atoms with Gasteiger partial charge in [0, 0.05) is 6.07 Å². The molecule has 0 saturated heterocycles. The van der Waals surface area contributed by atoms with E-state index in [9.17, 15) is 13.2 Å². The number of ether oxygens (including phenoxy) is 2. The van der Waals surface area contributed by atoms with Gasteiger partial charge in [-0.1, -0.05) is 42.0 Å². The second-order valence-corrected chi connectivity index (χ2v) is 8.89. The molecule has 0 spiro atoms. The molecule has 2 amide bonds. The molecule has 0 aliphatic carbocycles. The van der Waals surface area contributed by atoms with Crippen LogP contribution in [-0.2, 0) is 16.6 Å². The minimum Gasteiger partial charge on any atom is -0.493 e. The predicted molar refractivity (Wildman–Crippen MR) is 118 cm³/mol. The minimum atomic E-state index is -4.12. The molecule has 7 nitrogen and oxygen atoms in total. The molecule has 4 rings (SSSR count). The predicted octanol–water partition coefficient (Wildman–Crippen LogP) is 4.35. The molecule has 0 N–H and O–H groups in total. The number of sulfonamides is 1. The fourth-order valence-electron chi connectivity index (χ4n) is 3.54. The Morgan fingerprint density at radius 3 is 2.23 bits per heavy atom. The molecule has 8 heteroatoms. The number of para-hydroxylation sites is 1. The van der Waals surface area contributed by atoms with Crippen LogP contribution >= 0.6 is 0 Å². The van der Waals surface area contributed by atoms with Crippen LogP contribution in [0.3, 0.4) is 0 Å². The molecule has 1 heterocycles. The summed E-state index contributed by atoms with van der Waals surface area (Å²) < 4.78 is 38.2. The molecule has 0 bridgehead atoms. The summed E-state index contributed by atoms with van der Waals surface area (Å²) in [6.45, 7) is 2.21. The van der Waals surface area contributed by atoms with Crippen molar-refractivity contribution < 1.29 is 22.7 Å². The van der Waals surface area contributed by atoms with Gasteiger partial charge in [-0.15, -0.1) is 0 Å². The first-order valence-corrected chi connectivity index (χ1v) is 11.0. The number of benzene rings is 3. The van der Waals surface area contributed by atoms with Gasteiger partial charge in [0.15, 0.2) is 11.5 Å². The molecule has 160 valence electrons. The monoisotopic (exact) mass is 438 g/mol. The number of hydrogen-bond acceptors (Lipinski definition) is 5. The molecular formula is C23H22N2O5S. The molecule has 0 saturated carbocycles. The van der Waals surface area contributed by atoms with Gasteiger partial charge in [0.05, 0.1) is 32.1 Å². The van der Waals surface area contributed by atoms with Gasteiger partial charge in [-0.25, -0.2) is 13.2 Å². The SMILES string of the molecule is COc1ccc(N2C(=O)N(Cc3ccc(C)cc3)c3ccccc3S2(=O)=O)cc1OC. The highest BCUT2D eigenvalue weighted by molar-refractivity contribution is 7.94. The van der Waals surface area contributed by atoms with Crippen molar-refractivity contribution in [3.8, 4) is 11.5 Å². The van der Waals surface area contributed by atoms with E-state index in [0.29, 0.717) is 17.2 Å². The van der Waals surface area contributed by atoms with Crippen molar-refractivity contribution in [1.29, 1.82) is 0 Å². The summed E-state index contributed by atoms with van der Waals surface area (Å²) in [7, 11) is -1.18.